The van der Waals surface area contributed by atoms with Crippen LogP contribution in [0.5, 0.6) is 0 Å². The maximum Gasteiger partial charge on any atom is -0.0235 e. The first-order chi connectivity index (χ1) is 5.76. The van der Waals surface area contributed by atoms with Gasteiger partial charge in [0, 0.05) is 0 Å². The van der Waals surface area contributed by atoms with E-state index >= 15 is 0 Å². The predicted octanol–water partition coefficient (Wildman–Crippen LogP) is 3.86. The van der Waals surface area contributed by atoms with E-state index in [1.807, 2.05) is 0 Å². The first-order valence-corrected chi connectivity index (χ1v) is 5.76. The molecule has 0 bridgehead atoms. The van der Waals surface area contributed by atoms with Gasteiger partial charge < -0.3 is 0 Å². The Kier molecular flexibility index (Phi) is 1.97. The lowest BCUT2D eigenvalue weighted by Gasteiger charge is -2.16. The molecule has 2 fully saturated rings. The Morgan fingerprint density at radius 2 is 2.17 bits per heavy atom. The molecule has 2 aliphatic rings. The van der Waals surface area contributed by atoms with Gasteiger partial charge in [-0.1, -0.05) is 33.6 Å². The van der Waals surface area contributed by atoms with Crippen LogP contribution in [0, 0.1) is 23.2 Å². The third kappa shape index (κ3) is 0.900. The zero-order valence-corrected chi connectivity index (χ0v) is 8.77. The largest absolute Gasteiger partial charge is 0.0651 e. The van der Waals surface area contributed by atoms with Crippen LogP contribution < -0.4 is 0 Å². The van der Waals surface area contributed by atoms with E-state index < -0.39 is 0 Å². The van der Waals surface area contributed by atoms with Gasteiger partial charge in [0.15, 0.2) is 0 Å². The van der Waals surface area contributed by atoms with E-state index in [0.29, 0.717) is 0 Å². The Labute approximate surface area is 76.7 Å². The Bertz CT molecular complexity index is 173. The minimum absolute atomic E-state index is 0.843. The summed E-state index contributed by atoms with van der Waals surface area (Å²) in [5.41, 5.74) is 0.843. The first kappa shape index (κ1) is 8.59. The molecule has 2 aliphatic carbocycles. The summed E-state index contributed by atoms with van der Waals surface area (Å²) in [5, 5.41) is 0. The Morgan fingerprint density at radius 3 is 2.67 bits per heavy atom. The topological polar surface area (TPSA) is 0 Å². The van der Waals surface area contributed by atoms with Gasteiger partial charge >= 0.3 is 0 Å². The molecule has 4 unspecified atom stereocenters. The molecule has 0 N–H and O–H groups in total. The lowest BCUT2D eigenvalue weighted by molar-refractivity contribution is 0.337. The van der Waals surface area contributed by atoms with Gasteiger partial charge in [0.05, 0.1) is 0 Å². The van der Waals surface area contributed by atoms with E-state index in [1.165, 1.54) is 19.3 Å². The van der Waals surface area contributed by atoms with Gasteiger partial charge in [-0.2, -0.15) is 0 Å². The number of rotatable bonds is 3. The number of hydrogen-bond donors (Lipinski definition) is 0. The van der Waals surface area contributed by atoms with Gasteiger partial charge in [0.1, 0.15) is 0 Å². The average molecular weight is 166 g/mol. The summed E-state index contributed by atoms with van der Waals surface area (Å²) in [6.07, 6.45) is 7.45. The molecule has 2 saturated carbocycles. The Hall–Kier alpha value is 0. The van der Waals surface area contributed by atoms with E-state index in [0.717, 1.165) is 23.2 Å². The molecule has 0 heterocycles. The summed E-state index contributed by atoms with van der Waals surface area (Å²) in [7, 11) is 0. The molecule has 0 spiro atoms. The fraction of sp³-hybridized carbons (Fsp3) is 1.00. The third-order valence-electron chi connectivity index (χ3n) is 4.80. The van der Waals surface area contributed by atoms with Crippen LogP contribution in [0.4, 0.5) is 0 Å². The highest BCUT2D eigenvalue weighted by atomic mass is 14.7. The van der Waals surface area contributed by atoms with Crippen molar-refractivity contribution in [2.24, 2.45) is 23.2 Å². The molecule has 12 heavy (non-hydrogen) atoms. The molecule has 0 radical (unpaired) electrons. The van der Waals surface area contributed by atoms with Crippen molar-refractivity contribution in [1.82, 2.24) is 0 Å². The molecule has 0 aromatic carbocycles. The van der Waals surface area contributed by atoms with E-state index in [9.17, 15) is 0 Å². The van der Waals surface area contributed by atoms with Crippen molar-refractivity contribution in [3.05, 3.63) is 0 Å². The van der Waals surface area contributed by atoms with Crippen LogP contribution in [0.3, 0.4) is 0 Å². The zero-order chi connectivity index (χ0) is 8.77. The number of fused-ring (bicyclic) bond motifs is 1. The fourth-order valence-corrected chi connectivity index (χ4v) is 3.97. The predicted molar refractivity (Wildman–Crippen MR) is 53.0 cm³/mol. The van der Waals surface area contributed by atoms with E-state index in [-0.39, 0.29) is 0 Å². The summed E-state index contributed by atoms with van der Waals surface area (Å²) in [6.45, 7) is 7.21. The zero-order valence-electron chi connectivity index (χ0n) is 8.77. The van der Waals surface area contributed by atoms with Crippen molar-refractivity contribution in [3.8, 4) is 0 Å². The molecule has 0 saturated heterocycles. The van der Waals surface area contributed by atoms with Crippen LogP contribution in [0.15, 0.2) is 0 Å². The molecule has 4 atom stereocenters. The normalized spacial score (nSPS) is 47.2. The number of hydrogen-bond acceptors (Lipinski definition) is 0. The standard InChI is InChI=1S/C12H22/c1-4-9(3)11-10-7-6-8-12(10,11)5-2/h9-11H,4-8H2,1-3H3. The lowest BCUT2D eigenvalue weighted by Crippen LogP contribution is -2.07. The molecule has 0 aromatic rings. The van der Waals surface area contributed by atoms with Gasteiger partial charge in [-0.3, -0.25) is 0 Å². The van der Waals surface area contributed by atoms with Crippen LogP contribution in [-0.2, 0) is 0 Å². The van der Waals surface area contributed by atoms with Gasteiger partial charge in [0.25, 0.3) is 0 Å². The van der Waals surface area contributed by atoms with Crippen molar-refractivity contribution in [3.63, 3.8) is 0 Å². The monoisotopic (exact) mass is 166 g/mol. The average Bonchev–Trinajstić information content (AvgIpc) is 2.54. The molecule has 70 valence electrons. The van der Waals surface area contributed by atoms with Crippen molar-refractivity contribution in [2.45, 2.75) is 52.9 Å². The second kappa shape index (κ2) is 2.75. The van der Waals surface area contributed by atoms with Crippen LogP contribution >= 0.6 is 0 Å². The van der Waals surface area contributed by atoms with Crippen LogP contribution in [0.1, 0.15) is 52.9 Å². The van der Waals surface area contributed by atoms with Crippen molar-refractivity contribution >= 4 is 0 Å². The van der Waals surface area contributed by atoms with E-state index in [4.69, 9.17) is 0 Å². The van der Waals surface area contributed by atoms with Crippen molar-refractivity contribution < 1.29 is 0 Å². The maximum atomic E-state index is 2.46. The third-order valence-corrected chi connectivity index (χ3v) is 4.80. The molecule has 2 rings (SSSR count). The minimum atomic E-state index is 0.843. The summed E-state index contributed by atoms with van der Waals surface area (Å²) in [5.74, 6) is 3.24. The molecule has 0 aromatic heterocycles. The summed E-state index contributed by atoms with van der Waals surface area (Å²) in [4.78, 5) is 0. The second-order valence-electron chi connectivity index (χ2n) is 5.00. The van der Waals surface area contributed by atoms with Crippen molar-refractivity contribution in [2.75, 3.05) is 0 Å². The highest BCUT2D eigenvalue weighted by molar-refractivity contribution is 5.14. The highest BCUT2D eigenvalue weighted by Gasteiger charge is 2.65. The molecule has 0 nitrogen and oxygen atoms in total. The van der Waals surface area contributed by atoms with Gasteiger partial charge in [0.2, 0.25) is 0 Å². The summed E-state index contributed by atoms with van der Waals surface area (Å²) < 4.78 is 0. The SMILES string of the molecule is CCC(C)C1C2CCCC21CC. The Morgan fingerprint density at radius 1 is 1.42 bits per heavy atom. The summed E-state index contributed by atoms with van der Waals surface area (Å²) in [6, 6.07) is 0. The summed E-state index contributed by atoms with van der Waals surface area (Å²) >= 11 is 0. The smallest absolute Gasteiger partial charge is 0.0235 e. The molecule has 0 amide bonds. The molecule has 0 aliphatic heterocycles. The van der Waals surface area contributed by atoms with E-state index in [2.05, 4.69) is 20.8 Å². The fourth-order valence-electron chi connectivity index (χ4n) is 3.97. The first-order valence-electron chi connectivity index (χ1n) is 5.76. The highest BCUT2D eigenvalue weighted by Crippen LogP contribution is 2.72. The van der Waals surface area contributed by atoms with Gasteiger partial charge in [-0.25, -0.2) is 0 Å². The minimum Gasteiger partial charge on any atom is -0.0651 e. The lowest BCUT2D eigenvalue weighted by atomic mass is 9.89. The van der Waals surface area contributed by atoms with Crippen LogP contribution in [0.25, 0.3) is 0 Å². The molecular formula is C12H22. The maximum absolute atomic E-state index is 2.46. The van der Waals surface area contributed by atoms with Crippen LogP contribution in [-0.4, -0.2) is 0 Å². The van der Waals surface area contributed by atoms with Gasteiger partial charge in [-0.05, 0) is 42.4 Å². The quantitative estimate of drug-likeness (QED) is 0.597. The van der Waals surface area contributed by atoms with Gasteiger partial charge in [-0.15, -0.1) is 0 Å². The molecule has 0 heteroatoms. The van der Waals surface area contributed by atoms with E-state index in [1.54, 1.807) is 12.8 Å². The van der Waals surface area contributed by atoms with Crippen LogP contribution in [0.2, 0.25) is 0 Å². The van der Waals surface area contributed by atoms with Crippen molar-refractivity contribution in [1.29, 1.82) is 0 Å². The molecular weight excluding hydrogens is 144 g/mol. The Balaban J connectivity index is 2.04. The second-order valence-corrected chi connectivity index (χ2v) is 5.00.